The second kappa shape index (κ2) is 5.19. The van der Waals surface area contributed by atoms with Crippen molar-refractivity contribution in [1.82, 2.24) is 0 Å². The number of sulfone groups is 1. The van der Waals surface area contributed by atoms with E-state index in [9.17, 15) is 8.42 Å². The van der Waals surface area contributed by atoms with E-state index in [0.29, 0.717) is 0 Å². The summed E-state index contributed by atoms with van der Waals surface area (Å²) in [6.07, 6.45) is 1.20. The Bertz CT molecular complexity index is 526. The summed E-state index contributed by atoms with van der Waals surface area (Å²) in [6, 6.07) is 5.53. The molecular weight excluding hydrogens is 391 g/mol. The van der Waals surface area contributed by atoms with Gasteiger partial charge in [-0.15, -0.1) is 11.6 Å². The Hall–Kier alpha value is 0.420. The first kappa shape index (κ1) is 15.5. The Morgan fingerprint density at radius 1 is 1.29 bits per heavy atom. The van der Waals surface area contributed by atoms with Crippen LogP contribution in [0.3, 0.4) is 0 Å². The van der Waals surface area contributed by atoms with E-state index in [1.165, 1.54) is 6.26 Å². The molecule has 0 aliphatic heterocycles. The van der Waals surface area contributed by atoms with Crippen LogP contribution in [0, 0.1) is 0 Å². The van der Waals surface area contributed by atoms with Crippen molar-refractivity contribution in [1.29, 1.82) is 0 Å². The average Bonchev–Trinajstić information content (AvgIpc) is 2.19. The molecule has 0 N–H and O–H groups in total. The molecule has 0 bridgehead atoms. The van der Waals surface area contributed by atoms with Gasteiger partial charge >= 0.3 is 0 Å². The van der Waals surface area contributed by atoms with Gasteiger partial charge in [-0.3, -0.25) is 0 Å². The lowest BCUT2D eigenvalue weighted by Gasteiger charge is -2.29. The highest BCUT2D eigenvalue weighted by molar-refractivity contribution is 9.11. The second-order valence-corrected chi connectivity index (χ2v) is 9.21. The topological polar surface area (TPSA) is 34.1 Å². The van der Waals surface area contributed by atoms with E-state index < -0.39 is 20.0 Å². The van der Waals surface area contributed by atoms with Gasteiger partial charge in [0.25, 0.3) is 0 Å². The second-order valence-electron chi connectivity index (χ2n) is 4.40. The normalized spacial score (nSPS) is 14.7. The van der Waals surface area contributed by atoms with E-state index in [2.05, 4.69) is 31.9 Å². The van der Waals surface area contributed by atoms with Crippen LogP contribution in [0.5, 0.6) is 0 Å². The number of halogens is 3. The largest absolute Gasteiger partial charge is 0.229 e. The molecule has 2 nitrogen and oxygen atoms in total. The minimum atomic E-state index is -3.25. The summed E-state index contributed by atoms with van der Waals surface area (Å²) in [7, 11) is -3.25. The molecule has 0 fully saturated rings. The average molecular weight is 405 g/mol. The van der Waals surface area contributed by atoms with Crippen molar-refractivity contribution in [3.05, 3.63) is 32.7 Å². The van der Waals surface area contributed by atoms with Crippen molar-refractivity contribution in [3.63, 3.8) is 0 Å². The fraction of sp³-hybridized carbons (Fsp3) is 0.455. The Morgan fingerprint density at radius 3 is 2.29 bits per heavy atom. The van der Waals surface area contributed by atoms with Crippen molar-refractivity contribution < 1.29 is 8.42 Å². The molecule has 0 amide bonds. The maximum Gasteiger partial charge on any atom is 0.154 e. The number of alkyl halides is 1. The van der Waals surface area contributed by atoms with Crippen molar-refractivity contribution in [3.8, 4) is 0 Å². The van der Waals surface area contributed by atoms with Gasteiger partial charge in [-0.2, -0.15) is 0 Å². The molecule has 0 aliphatic rings. The van der Waals surface area contributed by atoms with Gasteiger partial charge in [0.15, 0.2) is 9.84 Å². The van der Waals surface area contributed by atoms with Crippen molar-refractivity contribution in [2.75, 3.05) is 6.26 Å². The summed E-state index contributed by atoms with van der Waals surface area (Å²) in [4.78, 5) is 0. The van der Waals surface area contributed by atoms with E-state index in [1.807, 2.05) is 18.2 Å². The first-order valence-electron chi connectivity index (χ1n) is 4.86. The maximum atomic E-state index is 11.8. The molecule has 96 valence electrons. The molecule has 1 unspecified atom stereocenters. The fourth-order valence-corrected chi connectivity index (χ4v) is 3.43. The van der Waals surface area contributed by atoms with Gasteiger partial charge < -0.3 is 0 Å². The molecule has 6 heteroatoms. The van der Waals surface area contributed by atoms with Crippen molar-refractivity contribution >= 4 is 53.3 Å². The molecule has 1 aromatic rings. The Kier molecular flexibility index (Phi) is 4.73. The zero-order valence-corrected chi connectivity index (χ0v) is 14.4. The molecule has 0 radical (unpaired) electrons. The van der Waals surface area contributed by atoms with E-state index in [4.69, 9.17) is 11.6 Å². The molecule has 1 atom stereocenters. The molecule has 0 saturated carbocycles. The van der Waals surface area contributed by atoms with Crippen LogP contribution in [0.15, 0.2) is 27.1 Å². The van der Waals surface area contributed by atoms with Crippen molar-refractivity contribution in [2.24, 2.45) is 0 Å². The third-order valence-corrected chi connectivity index (χ3v) is 7.07. The van der Waals surface area contributed by atoms with Gasteiger partial charge in [0.1, 0.15) is 0 Å². The summed E-state index contributed by atoms with van der Waals surface area (Å²) in [6.45, 7) is 3.26. The monoisotopic (exact) mass is 402 g/mol. The lowest BCUT2D eigenvalue weighted by Crippen LogP contribution is -2.35. The number of benzene rings is 1. The van der Waals surface area contributed by atoms with Crippen LogP contribution in [0.1, 0.15) is 24.8 Å². The molecule has 0 spiro atoms. The summed E-state index contributed by atoms with van der Waals surface area (Å²) in [5, 5.41) is -0.621. The molecule has 0 aromatic heterocycles. The molecule has 0 saturated heterocycles. The van der Waals surface area contributed by atoms with Crippen LogP contribution in [-0.2, 0) is 9.84 Å². The maximum absolute atomic E-state index is 11.8. The predicted molar refractivity (Wildman–Crippen MR) is 79.4 cm³/mol. The van der Waals surface area contributed by atoms with Crippen LogP contribution in [0.25, 0.3) is 0 Å². The molecule has 0 heterocycles. The lowest BCUT2D eigenvalue weighted by molar-refractivity contribution is 0.543. The molecular formula is C11H13Br2ClO2S. The van der Waals surface area contributed by atoms with Gasteiger partial charge in [-0.1, -0.05) is 31.9 Å². The van der Waals surface area contributed by atoms with Crippen LogP contribution < -0.4 is 0 Å². The molecule has 17 heavy (non-hydrogen) atoms. The molecule has 0 aliphatic carbocycles. The molecule has 1 rings (SSSR count). The third kappa shape index (κ3) is 3.25. The Labute approximate surface area is 124 Å². The Morgan fingerprint density at radius 2 is 1.82 bits per heavy atom. The minimum Gasteiger partial charge on any atom is -0.229 e. The smallest absolute Gasteiger partial charge is 0.154 e. The zero-order valence-electron chi connectivity index (χ0n) is 9.67. The van der Waals surface area contributed by atoms with E-state index in [1.54, 1.807) is 13.8 Å². The third-order valence-electron chi connectivity index (χ3n) is 2.80. The van der Waals surface area contributed by atoms with Crippen molar-refractivity contribution in [2.45, 2.75) is 24.0 Å². The number of hydrogen-bond acceptors (Lipinski definition) is 2. The highest BCUT2D eigenvalue weighted by Crippen LogP contribution is 2.41. The van der Waals surface area contributed by atoms with Crippen LogP contribution in [-0.4, -0.2) is 19.4 Å². The van der Waals surface area contributed by atoms with E-state index >= 15 is 0 Å². The van der Waals surface area contributed by atoms with Gasteiger partial charge in [0.05, 0.1) is 10.1 Å². The summed E-state index contributed by atoms with van der Waals surface area (Å²) < 4.78 is 24.1. The predicted octanol–water partition coefficient (Wildman–Crippen LogP) is 4.31. The van der Waals surface area contributed by atoms with Gasteiger partial charge in [-0.05, 0) is 37.6 Å². The summed E-state index contributed by atoms with van der Waals surface area (Å²) in [5.74, 6) is 0. The van der Waals surface area contributed by atoms with Gasteiger partial charge in [0.2, 0.25) is 0 Å². The van der Waals surface area contributed by atoms with Crippen LogP contribution >= 0.6 is 43.5 Å². The molecule has 1 aromatic carbocycles. The highest BCUT2D eigenvalue weighted by Gasteiger charge is 2.39. The fourth-order valence-electron chi connectivity index (χ4n) is 1.27. The standard InChI is InChI=1S/C11H13Br2ClO2S/c1-11(2,17(3,15)16)10(14)8-6-7(12)4-5-9(8)13/h4-6,10H,1-3H3. The van der Waals surface area contributed by atoms with E-state index in [-0.39, 0.29) is 0 Å². The van der Waals surface area contributed by atoms with Gasteiger partial charge in [-0.25, -0.2) is 8.42 Å². The minimum absolute atomic E-state index is 0.621. The Balaban J connectivity index is 3.30. The summed E-state index contributed by atoms with van der Waals surface area (Å²) in [5.41, 5.74) is 0.761. The first-order valence-corrected chi connectivity index (χ1v) is 8.77. The summed E-state index contributed by atoms with van der Waals surface area (Å²) >= 11 is 13.1. The SMILES string of the molecule is CC(C)(C(Cl)c1cc(Br)ccc1Br)S(C)(=O)=O. The highest BCUT2D eigenvalue weighted by atomic mass is 79.9. The number of rotatable bonds is 3. The quantitative estimate of drug-likeness (QED) is 0.704. The first-order chi connectivity index (χ1) is 7.57. The number of hydrogen-bond donors (Lipinski definition) is 0. The van der Waals surface area contributed by atoms with Crippen LogP contribution in [0.4, 0.5) is 0 Å². The van der Waals surface area contributed by atoms with Crippen LogP contribution in [0.2, 0.25) is 0 Å². The zero-order chi connectivity index (χ0) is 13.4. The lowest BCUT2D eigenvalue weighted by atomic mass is 10.0. The van der Waals surface area contributed by atoms with Gasteiger partial charge in [0, 0.05) is 15.2 Å². The van der Waals surface area contributed by atoms with E-state index in [0.717, 1.165) is 14.5 Å².